The van der Waals surface area contributed by atoms with Crippen molar-refractivity contribution in [1.82, 2.24) is 20.1 Å². The lowest BCUT2D eigenvalue weighted by Crippen LogP contribution is -2.33. The Bertz CT molecular complexity index is 529. The summed E-state index contributed by atoms with van der Waals surface area (Å²) in [6.07, 6.45) is 3.98. The van der Waals surface area contributed by atoms with E-state index in [-0.39, 0.29) is 0 Å². The smallest absolute Gasteiger partial charge is 0.0897 e. The molecule has 110 valence electrons. The highest BCUT2D eigenvalue weighted by Crippen LogP contribution is 2.13. The highest BCUT2D eigenvalue weighted by atomic mass is 32.1. The van der Waals surface area contributed by atoms with Crippen molar-refractivity contribution in [2.24, 2.45) is 0 Å². The van der Waals surface area contributed by atoms with Gasteiger partial charge < -0.3 is 5.32 Å². The molecule has 2 aromatic rings. The fourth-order valence-corrected chi connectivity index (χ4v) is 2.91. The minimum Gasteiger partial charge on any atom is -0.313 e. The van der Waals surface area contributed by atoms with Crippen molar-refractivity contribution in [3.8, 4) is 0 Å². The Kier molecular flexibility index (Phi) is 5.31. The molecule has 0 aromatic carbocycles. The van der Waals surface area contributed by atoms with Crippen molar-refractivity contribution in [3.05, 3.63) is 34.0 Å². The third kappa shape index (κ3) is 4.15. The van der Waals surface area contributed by atoms with Crippen molar-refractivity contribution < 1.29 is 0 Å². The second-order valence-corrected chi connectivity index (χ2v) is 6.46. The number of nitrogens with zero attached hydrogens (tertiary/aromatic N) is 3. The topological polar surface area (TPSA) is 42.7 Å². The van der Waals surface area contributed by atoms with Crippen LogP contribution in [0.3, 0.4) is 0 Å². The van der Waals surface area contributed by atoms with Crippen LogP contribution in [0.2, 0.25) is 0 Å². The second kappa shape index (κ2) is 6.99. The molecule has 2 heterocycles. The summed E-state index contributed by atoms with van der Waals surface area (Å²) in [7, 11) is 0. The molecule has 20 heavy (non-hydrogen) atoms. The normalized spacial score (nSPS) is 13.1. The maximum Gasteiger partial charge on any atom is 0.0897 e. The largest absolute Gasteiger partial charge is 0.313 e. The molecule has 4 nitrogen and oxygen atoms in total. The molecule has 0 saturated heterocycles. The van der Waals surface area contributed by atoms with Crippen LogP contribution in [0.1, 0.15) is 43.2 Å². The van der Waals surface area contributed by atoms with Crippen molar-refractivity contribution in [2.75, 3.05) is 6.54 Å². The zero-order chi connectivity index (χ0) is 14.5. The van der Waals surface area contributed by atoms with E-state index in [1.165, 1.54) is 5.69 Å². The molecule has 1 unspecified atom stereocenters. The number of hydrogen-bond acceptors (Lipinski definition) is 4. The fraction of sp³-hybridized carbons (Fsp3) is 0.600. The Morgan fingerprint density at radius 1 is 1.30 bits per heavy atom. The first-order valence-corrected chi connectivity index (χ1v) is 8.15. The van der Waals surface area contributed by atoms with Crippen molar-refractivity contribution in [2.45, 2.75) is 52.6 Å². The summed E-state index contributed by atoms with van der Waals surface area (Å²) in [6.45, 7) is 9.47. The van der Waals surface area contributed by atoms with Gasteiger partial charge in [0.25, 0.3) is 0 Å². The average Bonchev–Trinajstić information content (AvgIpc) is 2.99. The quantitative estimate of drug-likeness (QED) is 0.853. The van der Waals surface area contributed by atoms with Gasteiger partial charge in [0.1, 0.15) is 0 Å². The second-order valence-electron chi connectivity index (χ2n) is 5.40. The van der Waals surface area contributed by atoms with Crippen LogP contribution >= 0.6 is 11.3 Å². The highest BCUT2D eigenvalue weighted by molar-refractivity contribution is 7.09. The summed E-state index contributed by atoms with van der Waals surface area (Å²) in [5.74, 6) is 0. The summed E-state index contributed by atoms with van der Waals surface area (Å²) in [5, 5.41) is 11.5. The molecule has 0 saturated carbocycles. The first kappa shape index (κ1) is 15.2. The van der Waals surface area contributed by atoms with Crippen LogP contribution in [-0.4, -0.2) is 27.4 Å². The summed E-state index contributed by atoms with van der Waals surface area (Å²) < 4.78 is 2.02. The molecule has 2 rings (SSSR count). The van der Waals surface area contributed by atoms with Gasteiger partial charge in [0, 0.05) is 36.5 Å². The average molecular weight is 292 g/mol. The minimum absolute atomic E-state index is 0.400. The van der Waals surface area contributed by atoms with E-state index in [1.54, 1.807) is 11.3 Å². The van der Waals surface area contributed by atoms with E-state index < -0.39 is 0 Å². The summed E-state index contributed by atoms with van der Waals surface area (Å²) >= 11 is 1.72. The van der Waals surface area contributed by atoms with Gasteiger partial charge in [-0.2, -0.15) is 5.10 Å². The van der Waals surface area contributed by atoms with E-state index >= 15 is 0 Å². The predicted octanol–water partition coefficient (Wildman–Crippen LogP) is 2.99. The van der Waals surface area contributed by atoms with E-state index in [4.69, 9.17) is 0 Å². The molecule has 1 N–H and O–H groups in total. The molecular formula is C15H24N4S. The van der Waals surface area contributed by atoms with Crippen LogP contribution in [0.5, 0.6) is 0 Å². The van der Waals surface area contributed by atoms with E-state index in [2.05, 4.69) is 60.7 Å². The van der Waals surface area contributed by atoms with E-state index in [9.17, 15) is 0 Å². The molecular weight excluding hydrogens is 268 g/mol. The monoisotopic (exact) mass is 292 g/mol. The van der Waals surface area contributed by atoms with Gasteiger partial charge in [-0.05, 0) is 33.4 Å². The lowest BCUT2D eigenvalue weighted by molar-refractivity contribution is 0.492. The van der Waals surface area contributed by atoms with E-state index in [0.29, 0.717) is 12.1 Å². The van der Waals surface area contributed by atoms with Crippen molar-refractivity contribution in [1.29, 1.82) is 0 Å². The summed E-state index contributed by atoms with van der Waals surface area (Å²) in [6, 6.07) is 2.94. The van der Waals surface area contributed by atoms with Crippen LogP contribution in [0.15, 0.2) is 17.6 Å². The van der Waals surface area contributed by atoms with Gasteiger partial charge in [-0.3, -0.25) is 4.68 Å². The Labute approximate surface area is 125 Å². The van der Waals surface area contributed by atoms with Gasteiger partial charge in [-0.1, -0.05) is 6.92 Å². The molecule has 0 amide bonds. The molecule has 0 aliphatic carbocycles. The SMILES string of the molecule is CCNC(Cc1csc(C)n1)Cc1ccn(C(C)C)n1. The number of aryl methyl sites for hydroxylation is 1. The van der Waals surface area contributed by atoms with Gasteiger partial charge >= 0.3 is 0 Å². The van der Waals surface area contributed by atoms with Crippen LogP contribution in [-0.2, 0) is 12.8 Å². The number of likely N-dealkylation sites (N-methyl/N-ethyl adjacent to an activating group) is 1. The van der Waals surface area contributed by atoms with Crippen LogP contribution in [0.4, 0.5) is 0 Å². The van der Waals surface area contributed by atoms with Crippen molar-refractivity contribution >= 4 is 11.3 Å². The Morgan fingerprint density at radius 2 is 2.05 bits per heavy atom. The zero-order valence-electron chi connectivity index (χ0n) is 12.8. The van der Waals surface area contributed by atoms with E-state index in [0.717, 1.165) is 30.1 Å². The molecule has 0 aliphatic heterocycles. The first-order valence-electron chi connectivity index (χ1n) is 7.27. The van der Waals surface area contributed by atoms with Gasteiger partial charge in [-0.25, -0.2) is 4.98 Å². The maximum absolute atomic E-state index is 4.64. The molecule has 0 bridgehead atoms. The fourth-order valence-electron chi connectivity index (χ4n) is 2.29. The lowest BCUT2D eigenvalue weighted by atomic mass is 10.1. The maximum atomic E-state index is 4.64. The van der Waals surface area contributed by atoms with Crippen molar-refractivity contribution in [3.63, 3.8) is 0 Å². The predicted molar refractivity (Wildman–Crippen MR) is 84.3 cm³/mol. The highest BCUT2D eigenvalue weighted by Gasteiger charge is 2.13. The third-order valence-electron chi connectivity index (χ3n) is 3.26. The van der Waals surface area contributed by atoms with Crippen LogP contribution in [0.25, 0.3) is 0 Å². The first-order chi connectivity index (χ1) is 9.58. The van der Waals surface area contributed by atoms with Gasteiger partial charge in [0.15, 0.2) is 0 Å². The minimum atomic E-state index is 0.400. The molecule has 5 heteroatoms. The van der Waals surface area contributed by atoms with Gasteiger partial charge in [-0.15, -0.1) is 11.3 Å². The standard InChI is InChI=1S/C15H24N4S/c1-5-16-14(9-15-10-20-12(4)17-15)8-13-6-7-19(18-13)11(2)3/h6-7,10-11,14,16H,5,8-9H2,1-4H3. The third-order valence-corrected chi connectivity index (χ3v) is 4.09. The van der Waals surface area contributed by atoms with Gasteiger partial charge in [0.2, 0.25) is 0 Å². The molecule has 1 atom stereocenters. The van der Waals surface area contributed by atoms with Crippen LogP contribution < -0.4 is 5.32 Å². The molecule has 0 radical (unpaired) electrons. The molecule has 0 aliphatic rings. The van der Waals surface area contributed by atoms with Crippen LogP contribution in [0, 0.1) is 6.92 Å². The number of thiazole rings is 1. The Hall–Kier alpha value is -1.20. The number of aromatic nitrogens is 3. The Morgan fingerprint density at radius 3 is 2.60 bits per heavy atom. The Balaban J connectivity index is 2.00. The molecule has 0 fully saturated rings. The molecule has 0 spiro atoms. The van der Waals surface area contributed by atoms with Gasteiger partial charge in [0.05, 0.1) is 16.4 Å². The van der Waals surface area contributed by atoms with E-state index in [1.807, 2.05) is 4.68 Å². The number of hydrogen-bond donors (Lipinski definition) is 1. The summed E-state index contributed by atoms with van der Waals surface area (Å²) in [5.41, 5.74) is 2.33. The number of rotatable bonds is 7. The lowest BCUT2D eigenvalue weighted by Gasteiger charge is -2.15. The number of nitrogens with one attached hydrogen (secondary N) is 1. The zero-order valence-corrected chi connectivity index (χ0v) is 13.6. The molecule has 2 aromatic heterocycles. The summed E-state index contributed by atoms with van der Waals surface area (Å²) in [4.78, 5) is 4.56.